The molecule has 1 saturated heterocycles. The number of carbonyl (C=O) groups is 1. The van der Waals surface area contributed by atoms with E-state index in [1.165, 1.54) is 25.3 Å². The molecule has 1 aromatic heterocycles. The third-order valence-electron chi connectivity index (χ3n) is 4.45. The zero-order chi connectivity index (χ0) is 18.0. The van der Waals surface area contributed by atoms with E-state index in [9.17, 15) is 14.3 Å². The van der Waals surface area contributed by atoms with Gasteiger partial charge in [-0.25, -0.2) is 9.18 Å². The van der Waals surface area contributed by atoms with Crippen molar-refractivity contribution in [3.63, 3.8) is 0 Å². The van der Waals surface area contributed by atoms with Crippen molar-refractivity contribution in [2.24, 2.45) is 11.7 Å². The average Bonchev–Trinajstić information content (AvgIpc) is 3.07. The highest BCUT2D eigenvalue weighted by molar-refractivity contribution is 5.99. The fourth-order valence-corrected chi connectivity index (χ4v) is 3.14. The van der Waals surface area contributed by atoms with Gasteiger partial charge in [-0.2, -0.15) is 0 Å². The first-order chi connectivity index (χ1) is 12.0. The van der Waals surface area contributed by atoms with Gasteiger partial charge in [0.05, 0.1) is 7.11 Å². The van der Waals surface area contributed by atoms with Gasteiger partial charge >= 0.3 is 5.97 Å². The standard InChI is InChI=1S/C17H20FN3O4/c1-24-13-7-11(4-5-12(13)18)15-14(17(22)23)16(20-25-15)21-6-2-3-10(8-19)9-21/h4-5,7,10H,2-3,6,8-9,19H2,1H3,(H,22,23). The van der Waals surface area contributed by atoms with Crippen LogP contribution in [0.15, 0.2) is 22.7 Å². The number of hydrogen-bond donors (Lipinski definition) is 2. The van der Waals surface area contributed by atoms with Crippen LogP contribution in [-0.4, -0.2) is 43.0 Å². The highest BCUT2D eigenvalue weighted by atomic mass is 19.1. The van der Waals surface area contributed by atoms with E-state index >= 15 is 0 Å². The fraction of sp³-hybridized carbons (Fsp3) is 0.412. The molecule has 0 saturated carbocycles. The van der Waals surface area contributed by atoms with Crippen molar-refractivity contribution < 1.29 is 23.6 Å². The molecular formula is C17H20FN3O4. The molecule has 25 heavy (non-hydrogen) atoms. The zero-order valence-corrected chi connectivity index (χ0v) is 13.9. The van der Waals surface area contributed by atoms with E-state index in [-0.39, 0.29) is 22.9 Å². The summed E-state index contributed by atoms with van der Waals surface area (Å²) in [5.41, 5.74) is 6.10. The van der Waals surface area contributed by atoms with Crippen molar-refractivity contribution in [3.8, 4) is 17.1 Å². The molecule has 7 nitrogen and oxygen atoms in total. The van der Waals surface area contributed by atoms with Gasteiger partial charge in [0.25, 0.3) is 0 Å². The molecule has 3 N–H and O–H groups in total. The number of benzene rings is 1. The first-order valence-electron chi connectivity index (χ1n) is 8.07. The minimum Gasteiger partial charge on any atom is -0.494 e. The maximum atomic E-state index is 13.6. The van der Waals surface area contributed by atoms with Crippen LogP contribution in [0.2, 0.25) is 0 Å². The predicted molar refractivity (Wildman–Crippen MR) is 89.4 cm³/mol. The van der Waals surface area contributed by atoms with Gasteiger partial charge in [-0.15, -0.1) is 0 Å². The van der Waals surface area contributed by atoms with Gasteiger partial charge in [0.2, 0.25) is 0 Å². The quantitative estimate of drug-likeness (QED) is 0.854. The van der Waals surface area contributed by atoms with Crippen molar-refractivity contribution in [2.45, 2.75) is 12.8 Å². The predicted octanol–water partition coefficient (Wildman–Crippen LogP) is 2.36. The molecule has 1 aliphatic rings. The minimum atomic E-state index is -1.15. The first kappa shape index (κ1) is 17.2. The lowest BCUT2D eigenvalue weighted by Gasteiger charge is -2.32. The van der Waals surface area contributed by atoms with Gasteiger partial charge in [-0.05, 0) is 43.5 Å². The van der Waals surface area contributed by atoms with Crippen LogP contribution in [0.4, 0.5) is 10.2 Å². The number of ether oxygens (including phenoxy) is 1. The molecule has 1 fully saturated rings. The maximum absolute atomic E-state index is 13.6. The van der Waals surface area contributed by atoms with E-state index in [1.54, 1.807) is 0 Å². The van der Waals surface area contributed by atoms with E-state index < -0.39 is 11.8 Å². The van der Waals surface area contributed by atoms with Crippen molar-refractivity contribution in [2.75, 3.05) is 31.6 Å². The van der Waals surface area contributed by atoms with Crippen LogP contribution in [-0.2, 0) is 0 Å². The Morgan fingerprint density at radius 3 is 3.04 bits per heavy atom. The van der Waals surface area contributed by atoms with Crippen LogP contribution in [0.25, 0.3) is 11.3 Å². The van der Waals surface area contributed by atoms with Crippen LogP contribution in [0.3, 0.4) is 0 Å². The number of carboxylic acids is 1. The second kappa shape index (κ2) is 7.10. The molecule has 1 aliphatic heterocycles. The second-order valence-electron chi connectivity index (χ2n) is 6.05. The van der Waals surface area contributed by atoms with Crippen molar-refractivity contribution in [3.05, 3.63) is 29.6 Å². The largest absolute Gasteiger partial charge is 0.494 e. The Kier molecular flexibility index (Phi) is 4.89. The molecule has 1 unspecified atom stereocenters. The fourth-order valence-electron chi connectivity index (χ4n) is 3.14. The Balaban J connectivity index is 2.02. The molecule has 2 heterocycles. The van der Waals surface area contributed by atoms with E-state index in [0.29, 0.717) is 31.1 Å². The summed E-state index contributed by atoms with van der Waals surface area (Å²) in [6.07, 6.45) is 1.92. The van der Waals surface area contributed by atoms with Crippen LogP contribution < -0.4 is 15.4 Å². The third-order valence-corrected chi connectivity index (χ3v) is 4.45. The molecule has 0 amide bonds. The Hall–Kier alpha value is -2.61. The smallest absolute Gasteiger partial charge is 0.343 e. The Bertz CT molecular complexity index is 777. The summed E-state index contributed by atoms with van der Waals surface area (Å²) in [5.74, 6) is -1.02. The molecule has 0 radical (unpaired) electrons. The van der Waals surface area contributed by atoms with Crippen molar-refractivity contribution in [1.29, 1.82) is 0 Å². The minimum absolute atomic E-state index is 0.00737. The van der Waals surface area contributed by atoms with Crippen LogP contribution in [0.5, 0.6) is 5.75 Å². The van der Waals surface area contributed by atoms with Gasteiger partial charge in [0.15, 0.2) is 28.7 Å². The van der Waals surface area contributed by atoms with Gasteiger partial charge in [0.1, 0.15) is 0 Å². The van der Waals surface area contributed by atoms with E-state index in [4.69, 9.17) is 15.0 Å². The number of nitrogens with two attached hydrogens (primary N) is 1. The van der Waals surface area contributed by atoms with Crippen LogP contribution in [0, 0.1) is 11.7 Å². The molecule has 0 bridgehead atoms. The lowest BCUT2D eigenvalue weighted by molar-refractivity contribution is 0.0697. The summed E-state index contributed by atoms with van der Waals surface area (Å²) in [4.78, 5) is 13.7. The lowest BCUT2D eigenvalue weighted by atomic mass is 9.97. The van der Waals surface area contributed by atoms with Crippen LogP contribution in [0.1, 0.15) is 23.2 Å². The number of nitrogens with zero attached hydrogens (tertiary/aromatic N) is 2. The van der Waals surface area contributed by atoms with Gasteiger partial charge in [-0.1, -0.05) is 5.16 Å². The molecule has 8 heteroatoms. The number of methoxy groups -OCH3 is 1. The lowest BCUT2D eigenvalue weighted by Crippen LogP contribution is -2.39. The number of hydrogen-bond acceptors (Lipinski definition) is 6. The van der Waals surface area contributed by atoms with Gasteiger partial charge in [0, 0.05) is 18.7 Å². The maximum Gasteiger partial charge on any atom is 0.343 e. The molecule has 0 spiro atoms. The molecule has 134 valence electrons. The highest BCUT2D eigenvalue weighted by Crippen LogP contribution is 2.35. The second-order valence-corrected chi connectivity index (χ2v) is 6.05. The number of carboxylic acid groups (broad SMARTS) is 1. The summed E-state index contributed by atoms with van der Waals surface area (Å²) in [5, 5.41) is 13.7. The monoisotopic (exact) mass is 349 g/mol. The van der Waals surface area contributed by atoms with Crippen molar-refractivity contribution in [1.82, 2.24) is 5.16 Å². The molecule has 3 rings (SSSR count). The Labute approximate surface area is 144 Å². The zero-order valence-electron chi connectivity index (χ0n) is 13.9. The number of anilines is 1. The number of rotatable bonds is 5. The Morgan fingerprint density at radius 2 is 2.36 bits per heavy atom. The topological polar surface area (TPSA) is 102 Å². The van der Waals surface area contributed by atoms with E-state index in [1.807, 2.05) is 4.90 Å². The number of aromatic nitrogens is 1. The summed E-state index contributed by atoms with van der Waals surface area (Å²) >= 11 is 0. The molecule has 2 aromatic rings. The van der Waals surface area contributed by atoms with Crippen molar-refractivity contribution >= 4 is 11.8 Å². The number of halogens is 1. The first-order valence-corrected chi connectivity index (χ1v) is 8.07. The molecular weight excluding hydrogens is 329 g/mol. The summed E-state index contributed by atoms with van der Waals surface area (Å²) in [7, 11) is 1.34. The summed E-state index contributed by atoms with van der Waals surface area (Å²) in [6.45, 7) is 1.86. The molecule has 1 atom stereocenters. The highest BCUT2D eigenvalue weighted by Gasteiger charge is 2.30. The van der Waals surface area contributed by atoms with Crippen LogP contribution >= 0.6 is 0 Å². The number of piperidine rings is 1. The van der Waals surface area contributed by atoms with Gasteiger partial charge in [-0.3, -0.25) is 0 Å². The average molecular weight is 349 g/mol. The normalized spacial score (nSPS) is 17.6. The number of aromatic carboxylic acids is 1. The van der Waals surface area contributed by atoms with Gasteiger partial charge < -0.3 is 25.0 Å². The third kappa shape index (κ3) is 3.30. The van der Waals surface area contributed by atoms with E-state index in [0.717, 1.165) is 12.8 Å². The summed E-state index contributed by atoms with van der Waals surface area (Å²) < 4.78 is 23.9. The SMILES string of the molecule is COc1cc(-c2onc(N3CCCC(CN)C3)c2C(=O)O)ccc1F. The molecule has 1 aromatic carbocycles. The van der Waals surface area contributed by atoms with E-state index in [2.05, 4.69) is 5.16 Å². The Morgan fingerprint density at radius 1 is 1.56 bits per heavy atom. The summed E-state index contributed by atoms with van der Waals surface area (Å²) in [6, 6.07) is 4.03. The molecule has 0 aliphatic carbocycles.